The molecule has 1 heterocycles. The second kappa shape index (κ2) is 3.11. The van der Waals surface area contributed by atoms with Crippen molar-refractivity contribution in [2.24, 2.45) is 11.8 Å². The van der Waals surface area contributed by atoms with Crippen LogP contribution in [0.4, 0.5) is 0 Å². The summed E-state index contributed by atoms with van der Waals surface area (Å²) >= 11 is 0. The number of hydrogen-bond acceptors (Lipinski definition) is 5. The third-order valence-corrected chi connectivity index (χ3v) is 6.17. The lowest BCUT2D eigenvalue weighted by Crippen LogP contribution is -2.48. The highest BCUT2D eigenvalue weighted by molar-refractivity contribution is 7.87. The van der Waals surface area contributed by atoms with E-state index in [1.165, 1.54) is 0 Å². The Bertz CT molecular complexity index is 496. The molecule has 1 saturated heterocycles. The van der Waals surface area contributed by atoms with Gasteiger partial charge in [-0.2, -0.15) is 8.42 Å². The maximum Gasteiger partial charge on any atom is 0.330 e. The molecule has 94 valence electrons. The van der Waals surface area contributed by atoms with Crippen LogP contribution in [0.25, 0.3) is 0 Å². The third kappa shape index (κ3) is 1.28. The van der Waals surface area contributed by atoms with E-state index in [9.17, 15) is 13.2 Å². The molecule has 6 heteroatoms. The Morgan fingerprint density at radius 2 is 2.24 bits per heavy atom. The van der Waals surface area contributed by atoms with Crippen LogP contribution in [0.15, 0.2) is 12.7 Å². The Morgan fingerprint density at radius 1 is 1.53 bits per heavy atom. The summed E-state index contributed by atoms with van der Waals surface area (Å²) in [6, 6.07) is 0. The summed E-state index contributed by atoms with van der Waals surface area (Å²) in [7, 11) is -3.46. The number of hydrogen-bond donors (Lipinski definition) is 0. The van der Waals surface area contributed by atoms with Crippen molar-refractivity contribution >= 4 is 16.1 Å². The molecule has 0 amide bonds. The smallest absolute Gasteiger partial charge is 0.330 e. The fourth-order valence-corrected chi connectivity index (χ4v) is 5.51. The highest BCUT2D eigenvalue weighted by Gasteiger charge is 2.70. The van der Waals surface area contributed by atoms with E-state index in [1.54, 1.807) is 6.92 Å². The maximum absolute atomic E-state index is 11.7. The summed E-state index contributed by atoms with van der Waals surface area (Å²) in [4.78, 5) is 11.3. The van der Waals surface area contributed by atoms with E-state index >= 15 is 0 Å². The van der Waals surface area contributed by atoms with Crippen LogP contribution in [-0.2, 0) is 23.8 Å². The minimum absolute atomic E-state index is 0.0207. The van der Waals surface area contributed by atoms with Gasteiger partial charge in [-0.25, -0.2) is 4.79 Å². The number of ether oxygens (including phenoxy) is 1. The average molecular weight is 258 g/mol. The summed E-state index contributed by atoms with van der Waals surface area (Å²) in [6.45, 7) is 5.12. The van der Waals surface area contributed by atoms with Crippen molar-refractivity contribution < 1.29 is 22.1 Å². The maximum atomic E-state index is 11.7. The largest absolute Gasteiger partial charge is 0.453 e. The van der Waals surface area contributed by atoms with Crippen molar-refractivity contribution in [3.05, 3.63) is 12.7 Å². The predicted octanol–water partition coefficient (Wildman–Crippen LogP) is 0.611. The van der Waals surface area contributed by atoms with E-state index < -0.39 is 33.0 Å². The van der Waals surface area contributed by atoms with Gasteiger partial charge in [-0.15, -0.1) is 0 Å². The van der Waals surface area contributed by atoms with Crippen LogP contribution in [0.2, 0.25) is 0 Å². The predicted molar refractivity (Wildman–Crippen MR) is 58.5 cm³/mol. The second-order valence-corrected chi connectivity index (χ2v) is 6.97. The van der Waals surface area contributed by atoms with E-state index in [1.807, 2.05) is 0 Å². The summed E-state index contributed by atoms with van der Waals surface area (Å²) in [6.07, 6.45) is 1.87. The fraction of sp³-hybridized carbons (Fsp3) is 0.727. The van der Waals surface area contributed by atoms with Gasteiger partial charge in [0.05, 0.1) is 5.25 Å². The third-order valence-electron chi connectivity index (χ3n) is 4.41. The van der Waals surface area contributed by atoms with Crippen molar-refractivity contribution in [1.82, 2.24) is 0 Å². The van der Waals surface area contributed by atoms with E-state index in [0.717, 1.165) is 12.5 Å². The van der Waals surface area contributed by atoms with E-state index in [4.69, 9.17) is 8.92 Å². The van der Waals surface area contributed by atoms with Crippen LogP contribution in [-0.4, -0.2) is 31.3 Å². The van der Waals surface area contributed by atoms with Crippen LogP contribution in [0.1, 0.15) is 19.8 Å². The van der Waals surface area contributed by atoms with Gasteiger partial charge in [-0.05, 0) is 19.8 Å². The molecule has 2 saturated carbocycles. The molecule has 3 aliphatic rings. The Balaban J connectivity index is 1.96. The summed E-state index contributed by atoms with van der Waals surface area (Å²) in [5.41, 5.74) is -0.823. The number of rotatable bonds is 2. The van der Waals surface area contributed by atoms with Crippen LogP contribution in [0.5, 0.6) is 0 Å². The number of carbonyl (C=O) groups excluding carboxylic acids is 1. The quantitative estimate of drug-likeness (QED) is 0.412. The van der Waals surface area contributed by atoms with Gasteiger partial charge < -0.3 is 4.74 Å². The molecule has 0 spiro atoms. The first-order chi connectivity index (χ1) is 7.88. The van der Waals surface area contributed by atoms with Gasteiger partial charge >= 0.3 is 5.97 Å². The lowest BCUT2D eigenvalue weighted by atomic mass is 9.83. The van der Waals surface area contributed by atoms with Gasteiger partial charge in [0.1, 0.15) is 11.7 Å². The number of fused-ring (bicyclic) bond motifs is 1. The van der Waals surface area contributed by atoms with Gasteiger partial charge in [0.25, 0.3) is 10.1 Å². The number of carbonyl (C=O) groups is 1. The SMILES string of the molecule is C=CC(=O)OC1(C)C2CC3C1OS(=O)(=O)C3C2. The zero-order valence-corrected chi connectivity index (χ0v) is 10.3. The van der Waals surface area contributed by atoms with Gasteiger partial charge in [0, 0.05) is 17.9 Å². The summed E-state index contributed by atoms with van der Waals surface area (Å²) in [5.74, 6) is -0.471. The van der Waals surface area contributed by atoms with Crippen LogP contribution < -0.4 is 0 Å². The molecule has 3 fully saturated rings. The van der Waals surface area contributed by atoms with Crippen LogP contribution in [0, 0.1) is 11.8 Å². The first-order valence-electron chi connectivity index (χ1n) is 5.66. The molecule has 1 aliphatic heterocycles. The van der Waals surface area contributed by atoms with E-state index in [0.29, 0.717) is 6.42 Å². The molecule has 0 aromatic rings. The Morgan fingerprint density at radius 3 is 2.88 bits per heavy atom. The van der Waals surface area contributed by atoms with E-state index in [-0.39, 0.29) is 11.8 Å². The lowest BCUT2D eigenvalue weighted by Gasteiger charge is -2.35. The molecule has 0 aromatic carbocycles. The van der Waals surface area contributed by atoms with Crippen molar-refractivity contribution in [3.8, 4) is 0 Å². The molecule has 17 heavy (non-hydrogen) atoms. The zero-order chi connectivity index (χ0) is 12.4. The number of esters is 1. The average Bonchev–Trinajstić information content (AvgIpc) is 2.83. The standard InChI is InChI=1S/C11H14O5S/c1-3-9(12)15-11(2)6-4-7-8(5-6)17(13,14)16-10(7)11/h3,6-8,10H,1,4-5H2,2H3. The molecular weight excluding hydrogens is 244 g/mol. The van der Waals surface area contributed by atoms with Crippen molar-refractivity contribution in [2.75, 3.05) is 0 Å². The summed E-state index contributed by atoms with van der Waals surface area (Å²) in [5, 5.41) is -0.395. The minimum atomic E-state index is -3.46. The molecule has 5 atom stereocenters. The van der Waals surface area contributed by atoms with Crippen molar-refractivity contribution in [3.63, 3.8) is 0 Å². The van der Waals surface area contributed by atoms with Gasteiger partial charge in [-0.3, -0.25) is 4.18 Å². The lowest BCUT2D eigenvalue weighted by molar-refractivity contribution is -0.166. The normalized spacial score (nSPS) is 49.2. The topological polar surface area (TPSA) is 69.7 Å². The molecule has 0 N–H and O–H groups in total. The van der Waals surface area contributed by atoms with E-state index in [2.05, 4.69) is 6.58 Å². The first-order valence-corrected chi connectivity index (χ1v) is 7.13. The molecule has 0 aromatic heterocycles. The Labute approximate surface area is 99.9 Å². The van der Waals surface area contributed by atoms with Crippen molar-refractivity contribution in [1.29, 1.82) is 0 Å². The highest BCUT2D eigenvalue weighted by Crippen LogP contribution is 2.60. The molecule has 2 bridgehead atoms. The zero-order valence-electron chi connectivity index (χ0n) is 9.46. The van der Waals surface area contributed by atoms with Crippen LogP contribution >= 0.6 is 0 Å². The molecule has 0 radical (unpaired) electrons. The first kappa shape index (κ1) is 11.2. The van der Waals surface area contributed by atoms with Crippen molar-refractivity contribution in [2.45, 2.75) is 36.7 Å². The minimum Gasteiger partial charge on any atom is -0.453 e. The van der Waals surface area contributed by atoms with Crippen LogP contribution in [0.3, 0.4) is 0 Å². The Hall–Kier alpha value is -0.880. The molecule has 2 aliphatic carbocycles. The fourth-order valence-electron chi connectivity index (χ4n) is 3.59. The van der Waals surface area contributed by atoms with Gasteiger partial charge in [-0.1, -0.05) is 6.58 Å². The molecule has 5 unspecified atom stereocenters. The van der Waals surface area contributed by atoms with Gasteiger partial charge in [0.15, 0.2) is 0 Å². The van der Waals surface area contributed by atoms with Gasteiger partial charge in [0.2, 0.25) is 0 Å². The second-order valence-electron chi connectivity index (χ2n) is 5.19. The monoisotopic (exact) mass is 258 g/mol. The Kier molecular flexibility index (Phi) is 2.06. The molecule has 3 rings (SSSR count). The highest BCUT2D eigenvalue weighted by atomic mass is 32.2. The molecule has 5 nitrogen and oxygen atoms in total. The molecular formula is C11H14O5S. The summed E-state index contributed by atoms with van der Waals surface area (Å²) < 4.78 is 34.0.